The van der Waals surface area contributed by atoms with Crippen molar-refractivity contribution in [3.05, 3.63) is 106 Å². The third-order valence-electron chi connectivity index (χ3n) is 4.03. The van der Waals surface area contributed by atoms with Crippen molar-refractivity contribution in [3.63, 3.8) is 0 Å². The molecule has 132 valence electrons. The van der Waals surface area contributed by atoms with Crippen LogP contribution in [0.3, 0.4) is 0 Å². The van der Waals surface area contributed by atoms with Crippen molar-refractivity contribution < 1.29 is 4.92 Å². The van der Waals surface area contributed by atoms with E-state index in [9.17, 15) is 10.1 Å². The van der Waals surface area contributed by atoms with Crippen LogP contribution >= 0.6 is 0 Å². The van der Waals surface area contributed by atoms with Crippen LogP contribution in [0.2, 0.25) is 0 Å². The second-order valence-electron chi connectivity index (χ2n) is 5.92. The summed E-state index contributed by atoms with van der Waals surface area (Å²) in [5.41, 5.74) is 2.82. The van der Waals surface area contributed by atoms with Gasteiger partial charge >= 0.3 is 0 Å². The lowest BCUT2D eigenvalue weighted by molar-refractivity contribution is -0.384. The molecule has 0 saturated heterocycles. The van der Waals surface area contributed by atoms with E-state index in [1.54, 1.807) is 10.6 Å². The Morgan fingerprint density at radius 2 is 1.46 bits per heavy atom. The van der Waals surface area contributed by atoms with E-state index < -0.39 is 4.92 Å². The van der Waals surface area contributed by atoms with Crippen LogP contribution in [0.4, 0.5) is 5.69 Å². The normalized spacial score (nSPS) is 9.86. The van der Waals surface area contributed by atoms with Crippen molar-refractivity contribution in [2.24, 2.45) is 0 Å². The average molecular weight is 363 g/mol. The highest BCUT2D eigenvalue weighted by Crippen LogP contribution is 2.21. The molecule has 3 aromatic carbocycles. The summed E-state index contributed by atoms with van der Waals surface area (Å²) in [6.45, 7) is 0. The van der Waals surface area contributed by atoms with Crippen molar-refractivity contribution in [1.29, 1.82) is 0 Å². The van der Waals surface area contributed by atoms with Gasteiger partial charge in [-0.1, -0.05) is 42.3 Å². The molecule has 28 heavy (non-hydrogen) atoms. The quantitative estimate of drug-likeness (QED) is 0.289. The Kier molecular flexibility index (Phi) is 4.57. The van der Waals surface area contributed by atoms with Crippen LogP contribution in [-0.4, -0.2) is 14.5 Å². The molecule has 5 heteroatoms. The Morgan fingerprint density at radius 3 is 2.11 bits per heavy atom. The van der Waals surface area contributed by atoms with Crippen molar-refractivity contribution in [2.45, 2.75) is 0 Å². The summed E-state index contributed by atoms with van der Waals surface area (Å²) >= 11 is 0. The Morgan fingerprint density at radius 1 is 0.821 bits per heavy atom. The first-order chi connectivity index (χ1) is 13.7. The molecule has 0 aliphatic carbocycles. The molecule has 5 nitrogen and oxygen atoms in total. The predicted molar refractivity (Wildman–Crippen MR) is 108 cm³/mol. The van der Waals surface area contributed by atoms with Gasteiger partial charge in [-0.3, -0.25) is 10.1 Å². The zero-order valence-electron chi connectivity index (χ0n) is 14.7. The predicted octanol–water partition coefficient (Wildman–Crippen LogP) is 4.20. The molecule has 4 aromatic rings. The van der Waals surface area contributed by atoms with E-state index in [1.165, 1.54) is 12.1 Å². The van der Waals surface area contributed by atoms with Crippen molar-refractivity contribution in [2.75, 3.05) is 0 Å². The third-order valence-corrected chi connectivity index (χ3v) is 4.03. The summed E-state index contributed by atoms with van der Waals surface area (Å²) in [7, 11) is 0. The maximum Gasteiger partial charge on any atom is 0.271 e. The number of non-ortho nitro benzene ring substituents is 1. The van der Waals surface area contributed by atoms with Crippen LogP contribution in [-0.2, 0) is 0 Å². The van der Waals surface area contributed by atoms with Crippen LogP contribution in [0.1, 0.15) is 17.0 Å². The van der Waals surface area contributed by atoms with E-state index in [4.69, 9.17) is 0 Å². The molecule has 0 aliphatic rings. The fraction of sp³-hybridized carbons (Fsp3) is 0. The van der Waals surface area contributed by atoms with Crippen LogP contribution in [0.15, 0.2) is 78.9 Å². The van der Waals surface area contributed by atoms with Crippen molar-refractivity contribution in [1.82, 2.24) is 9.55 Å². The topological polar surface area (TPSA) is 61.0 Å². The summed E-state index contributed by atoms with van der Waals surface area (Å²) < 4.78 is 1.60. The van der Waals surface area contributed by atoms with Crippen LogP contribution < -0.4 is 0 Å². The van der Waals surface area contributed by atoms with Gasteiger partial charge < -0.3 is 0 Å². The minimum atomic E-state index is -0.434. The Labute approximate surface area is 161 Å². The summed E-state index contributed by atoms with van der Waals surface area (Å²) in [5, 5.41) is 11.2. The third kappa shape index (κ3) is 3.60. The summed E-state index contributed by atoms with van der Waals surface area (Å²) in [6.07, 6.45) is 0. The highest BCUT2D eigenvalue weighted by Gasteiger charge is 2.13. The van der Waals surface area contributed by atoms with Gasteiger partial charge in [0.2, 0.25) is 0 Å². The van der Waals surface area contributed by atoms with Crippen molar-refractivity contribution in [3.8, 4) is 23.8 Å². The number of aromatic nitrogens is 2. The van der Waals surface area contributed by atoms with E-state index in [1.807, 2.05) is 60.7 Å². The van der Waals surface area contributed by atoms with Gasteiger partial charge in [0.1, 0.15) is 0 Å². The van der Waals surface area contributed by atoms with Gasteiger partial charge in [0.25, 0.3) is 5.69 Å². The monoisotopic (exact) mass is 363 g/mol. The lowest BCUT2D eigenvalue weighted by atomic mass is 10.2. The summed E-state index contributed by atoms with van der Waals surface area (Å²) in [6, 6.07) is 26.6. The maximum absolute atomic E-state index is 11.2. The highest BCUT2D eigenvalue weighted by atomic mass is 16.6. The zero-order valence-corrected chi connectivity index (χ0v) is 14.7. The number of hydrogen-bond acceptors (Lipinski definition) is 3. The molecular weight excluding hydrogens is 350 g/mol. The molecule has 1 aromatic heterocycles. The number of nitrogens with zero attached hydrogens (tertiary/aromatic N) is 3. The van der Waals surface area contributed by atoms with Crippen LogP contribution in [0, 0.1) is 33.9 Å². The van der Waals surface area contributed by atoms with E-state index in [2.05, 4.69) is 28.8 Å². The molecule has 0 fully saturated rings. The van der Waals surface area contributed by atoms with Gasteiger partial charge in [-0.25, -0.2) is 9.55 Å². The molecule has 0 radical (unpaired) electrons. The number of imidazole rings is 1. The molecular formula is C23H13N3O2. The number of nitro groups is 1. The lowest BCUT2D eigenvalue weighted by Gasteiger charge is -1.96. The maximum atomic E-state index is 11.2. The number of nitro benzene ring substituents is 1. The molecule has 1 heterocycles. The van der Waals surface area contributed by atoms with E-state index >= 15 is 0 Å². The first-order valence-electron chi connectivity index (χ1n) is 8.52. The Hall–Kier alpha value is -4.35. The number of fused-ring (bicyclic) bond motifs is 1. The molecule has 0 saturated carbocycles. The van der Waals surface area contributed by atoms with E-state index in [0.29, 0.717) is 16.9 Å². The first kappa shape index (κ1) is 17.1. The molecule has 0 aliphatic heterocycles. The highest BCUT2D eigenvalue weighted by molar-refractivity contribution is 5.80. The summed E-state index contributed by atoms with van der Waals surface area (Å²) in [5.74, 6) is 9.59. The van der Waals surface area contributed by atoms with Gasteiger partial charge in [-0.2, -0.15) is 0 Å². The van der Waals surface area contributed by atoms with E-state index in [0.717, 1.165) is 11.1 Å². The second-order valence-corrected chi connectivity index (χ2v) is 5.92. The van der Waals surface area contributed by atoms with Gasteiger partial charge in [0, 0.05) is 29.3 Å². The number of rotatable bonds is 1. The second kappa shape index (κ2) is 7.49. The van der Waals surface area contributed by atoms with Gasteiger partial charge in [-0.15, -0.1) is 0 Å². The van der Waals surface area contributed by atoms with Gasteiger partial charge in [0.15, 0.2) is 5.82 Å². The Bertz CT molecular complexity index is 1290. The average Bonchev–Trinajstić information content (AvgIpc) is 3.09. The number of benzene rings is 3. The minimum absolute atomic E-state index is 0.0160. The lowest BCUT2D eigenvalue weighted by Crippen LogP contribution is -1.95. The van der Waals surface area contributed by atoms with Crippen LogP contribution in [0.25, 0.3) is 11.0 Å². The van der Waals surface area contributed by atoms with Crippen molar-refractivity contribution >= 4 is 16.7 Å². The number of hydrogen-bond donors (Lipinski definition) is 0. The smallest absolute Gasteiger partial charge is 0.258 e. The van der Waals surface area contributed by atoms with Crippen LogP contribution in [0.5, 0.6) is 0 Å². The first-order valence-corrected chi connectivity index (χ1v) is 8.52. The minimum Gasteiger partial charge on any atom is -0.258 e. The van der Waals surface area contributed by atoms with Gasteiger partial charge in [-0.05, 0) is 42.2 Å². The molecule has 0 amide bonds. The van der Waals surface area contributed by atoms with Gasteiger partial charge in [0.05, 0.1) is 16.0 Å². The molecule has 4 rings (SSSR count). The van der Waals surface area contributed by atoms with E-state index in [-0.39, 0.29) is 5.69 Å². The standard InChI is InChI=1S/C23H13N3O2/c27-26(28)20-12-13-21-22(17-20)25(16-15-19-9-5-2-6-10-19)23(24-21)14-11-18-7-3-1-4-8-18/h1-10,12-13,17H. The zero-order chi connectivity index (χ0) is 19.3. The molecule has 0 atom stereocenters. The molecule has 0 spiro atoms. The fourth-order valence-electron chi connectivity index (χ4n) is 2.67. The fourth-order valence-corrected chi connectivity index (χ4v) is 2.67. The summed E-state index contributed by atoms with van der Waals surface area (Å²) in [4.78, 5) is 15.2. The SMILES string of the molecule is O=[N+]([O-])c1ccc2nc(C#Cc3ccccc3)n(C#Cc3ccccc3)c2c1. The Balaban J connectivity index is 1.88. The molecule has 0 unspecified atom stereocenters. The molecule has 0 N–H and O–H groups in total. The molecule has 0 bridgehead atoms. The largest absolute Gasteiger partial charge is 0.271 e.